The highest BCUT2D eigenvalue weighted by Crippen LogP contribution is 2.16. The standard InChI is InChI=1S/C12H16FNO2/c1-9-5-6-10(13)11(8-9)14-12(16)4-2-3-7-15/h5-6,8,15H,2-4,7H2,1H3,(H,14,16). The molecule has 0 aromatic heterocycles. The Morgan fingerprint density at radius 1 is 1.44 bits per heavy atom. The molecule has 1 rings (SSSR count). The van der Waals surface area contributed by atoms with Gasteiger partial charge in [0.2, 0.25) is 5.91 Å². The number of halogens is 1. The van der Waals surface area contributed by atoms with Gasteiger partial charge in [0.25, 0.3) is 0 Å². The Bertz CT molecular complexity index is 366. The second kappa shape index (κ2) is 6.23. The maximum atomic E-state index is 13.3. The first kappa shape index (κ1) is 12.6. The molecule has 0 unspecified atom stereocenters. The lowest BCUT2D eigenvalue weighted by Crippen LogP contribution is -2.12. The first-order chi connectivity index (χ1) is 7.63. The Hall–Kier alpha value is -1.42. The van der Waals surface area contributed by atoms with Crippen molar-refractivity contribution < 1.29 is 14.3 Å². The highest BCUT2D eigenvalue weighted by molar-refractivity contribution is 5.90. The summed E-state index contributed by atoms with van der Waals surface area (Å²) in [7, 11) is 0. The van der Waals surface area contributed by atoms with Crippen LogP contribution in [0.15, 0.2) is 18.2 Å². The highest BCUT2D eigenvalue weighted by atomic mass is 19.1. The van der Waals surface area contributed by atoms with Crippen molar-refractivity contribution in [1.82, 2.24) is 0 Å². The van der Waals surface area contributed by atoms with E-state index < -0.39 is 5.82 Å². The molecule has 0 spiro atoms. The van der Waals surface area contributed by atoms with Gasteiger partial charge in [-0.1, -0.05) is 6.07 Å². The van der Waals surface area contributed by atoms with Gasteiger partial charge in [0.1, 0.15) is 5.82 Å². The number of carbonyl (C=O) groups excluding carboxylic acids is 1. The monoisotopic (exact) mass is 225 g/mol. The molecule has 1 aromatic carbocycles. The second-order valence-corrected chi connectivity index (χ2v) is 3.71. The summed E-state index contributed by atoms with van der Waals surface area (Å²) in [6, 6.07) is 4.58. The fraction of sp³-hybridized carbons (Fsp3) is 0.417. The number of hydrogen-bond acceptors (Lipinski definition) is 2. The lowest BCUT2D eigenvalue weighted by atomic mass is 10.2. The van der Waals surface area contributed by atoms with Crippen molar-refractivity contribution in [3.05, 3.63) is 29.6 Å². The summed E-state index contributed by atoms with van der Waals surface area (Å²) < 4.78 is 13.3. The van der Waals surface area contributed by atoms with Crippen LogP contribution in [0.3, 0.4) is 0 Å². The Labute approximate surface area is 94.3 Å². The number of anilines is 1. The molecule has 88 valence electrons. The first-order valence-corrected chi connectivity index (χ1v) is 5.30. The summed E-state index contributed by atoms with van der Waals surface area (Å²) in [4.78, 5) is 11.4. The normalized spacial score (nSPS) is 10.2. The maximum Gasteiger partial charge on any atom is 0.224 e. The van der Waals surface area contributed by atoms with Crippen LogP contribution in [0.5, 0.6) is 0 Å². The molecule has 0 aliphatic heterocycles. The minimum atomic E-state index is -0.430. The van der Waals surface area contributed by atoms with Crippen LogP contribution in [-0.2, 0) is 4.79 Å². The molecule has 1 aromatic rings. The molecule has 4 heteroatoms. The van der Waals surface area contributed by atoms with Crippen LogP contribution in [0.2, 0.25) is 0 Å². The van der Waals surface area contributed by atoms with E-state index in [-0.39, 0.29) is 18.2 Å². The van der Waals surface area contributed by atoms with E-state index in [1.807, 2.05) is 6.92 Å². The van der Waals surface area contributed by atoms with Gasteiger partial charge in [-0.25, -0.2) is 4.39 Å². The van der Waals surface area contributed by atoms with Gasteiger partial charge in [-0.3, -0.25) is 4.79 Å². The zero-order valence-electron chi connectivity index (χ0n) is 9.29. The molecule has 0 fully saturated rings. The van der Waals surface area contributed by atoms with Gasteiger partial charge in [-0.2, -0.15) is 0 Å². The van der Waals surface area contributed by atoms with Crippen molar-refractivity contribution in [3.8, 4) is 0 Å². The zero-order valence-corrected chi connectivity index (χ0v) is 9.29. The van der Waals surface area contributed by atoms with Crippen LogP contribution in [0, 0.1) is 12.7 Å². The van der Waals surface area contributed by atoms with E-state index in [9.17, 15) is 9.18 Å². The van der Waals surface area contributed by atoms with E-state index in [0.29, 0.717) is 19.3 Å². The van der Waals surface area contributed by atoms with E-state index in [0.717, 1.165) is 5.56 Å². The first-order valence-electron chi connectivity index (χ1n) is 5.30. The molecular weight excluding hydrogens is 209 g/mol. The Balaban J connectivity index is 2.52. The number of aliphatic hydroxyl groups is 1. The lowest BCUT2D eigenvalue weighted by molar-refractivity contribution is -0.116. The molecule has 0 saturated carbocycles. The van der Waals surface area contributed by atoms with Crippen LogP contribution in [0.1, 0.15) is 24.8 Å². The van der Waals surface area contributed by atoms with E-state index in [4.69, 9.17) is 5.11 Å². The second-order valence-electron chi connectivity index (χ2n) is 3.71. The molecule has 0 aliphatic carbocycles. The number of hydrogen-bond donors (Lipinski definition) is 2. The van der Waals surface area contributed by atoms with Gasteiger partial charge < -0.3 is 10.4 Å². The van der Waals surface area contributed by atoms with Crippen LogP contribution in [-0.4, -0.2) is 17.6 Å². The summed E-state index contributed by atoms with van der Waals surface area (Å²) in [6.45, 7) is 1.91. The number of amides is 1. The highest BCUT2D eigenvalue weighted by Gasteiger charge is 2.06. The molecule has 3 nitrogen and oxygen atoms in total. The molecular formula is C12H16FNO2. The van der Waals surface area contributed by atoms with Crippen molar-refractivity contribution in [3.63, 3.8) is 0 Å². The SMILES string of the molecule is Cc1ccc(F)c(NC(=O)CCCCO)c1. The minimum Gasteiger partial charge on any atom is -0.396 e. The van der Waals surface area contributed by atoms with Crippen LogP contribution >= 0.6 is 0 Å². The summed E-state index contributed by atoms with van der Waals surface area (Å²) in [6.07, 6.45) is 1.49. The van der Waals surface area contributed by atoms with Gasteiger partial charge in [0.15, 0.2) is 0 Å². The maximum absolute atomic E-state index is 13.3. The van der Waals surface area contributed by atoms with Gasteiger partial charge >= 0.3 is 0 Å². The van der Waals surface area contributed by atoms with Gasteiger partial charge in [0, 0.05) is 13.0 Å². The van der Waals surface area contributed by atoms with E-state index >= 15 is 0 Å². The van der Waals surface area contributed by atoms with Crippen molar-refractivity contribution >= 4 is 11.6 Å². The van der Waals surface area contributed by atoms with Crippen molar-refractivity contribution in [2.45, 2.75) is 26.2 Å². The third-order valence-corrected chi connectivity index (χ3v) is 2.21. The molecule has 0 heterocycles. The van der Waals surface area contributed by atoms with Crippen molar-refractivity contribution in [2.75, 3.05) is 11.9 Å². The van der Waals surface area contributed by atoms with Gasteiger partial charge in [-0.05, 0) is 37.5 Å². The summed E-state index contributed by atoms with van der Waals surface area (Å²) in [5.74, 6) is -0.654. The molecule has 0 bridgehead atoms. The predicted octanol–water partition coefficient (Wildman–Crippen LogP) is 2.24. The Morgan fingerprint density at radius 2 is 2.19 bits per heavy atom. The Morgan fingerprint density at radius 3 is 2.88 bits per heavy atom. The quantitative estimate of drug-likeness (QED) is 0.755. The summed E-state index contributed by atoms with van der Waals surface area (Å²) >= 11 is 0. The lowest BCUT2D eigenvalue weighted by Gasteiger charge is -2.06. The zero-order chi connectivity index (χ0) is 12.0. The third-order valence-electron chi connectivity index (χ3n) is 2.21. The molecule has 0 radical (unpaired) electrons. The van der Waals surface area contributed by atoms with Crippen molar-refractivity contribution in [1.29, 1.82) is 0 Å². The minimum absolute atomic E-state index is 0.0755. The summed E-state index contributed by atoms with van der Waals surface area (Å²) in [5.41, 5.74) is 1.11. The Kier molecular flexibility index (Phi) is 4.92. The predicted molar refractivity (Wildman–Crippen MR) is 60.7 cm³/mol. The number of rotatable bonds is 5. The third kappa shape index (κ3) is 3.98. The molecule has 1 amide bonds. The largest absolute Gasteiger partial charge is 0.396 e. The van der Waals surface area contributed by atoms with Crippen LogP contribution < -0.4 is 5.32 Å². The van der Waals surface area contributed by atoms with Crippen LogP contribution in [0.25, 0.3) is 0 Å². The topological polar surface area (TPSA) is 49.3 Å². The molecule has 0 aliphatic rings. The van der Waals surface area contributed by atoms with Gasteiger partial charge in [0.05, 0.1) is 5.69 Å². The molecule has 16 heavy (non-hydrogen) atoms. The number of nitrogens with one attached hydrogen (secondary N) is 1. The number of aliphatic hydroxyl groups excluding tert-OH is 1. The van der Waals surface area contributed by atoms with E-state index in [1.165, 1.54) is 6.07 Å². The molecule has 0 saturated heterocycles. The number of unbranched alkanes of at least 4 members (excludes halogenated alkanes) is 1. The number of aryl methyl sites for hydroxylation is 1. The molecule has 0 atom stereocenters. The van der Waals surface area contributed by atoms with Crippen LogP contribution in [0.4, 0.5) is 10.1 Å². The number of benzene rings is 1. The average molecular weight is 225 g/mol. The number of carbonyl (C=O) groups is 1. The van der Waals surface area contributed by atoms with E-state index in [2.05, 4.69) is 5.32 Å². The van der Waals surface area contributed by atoms with Crippen molar-refractivity contribution in [2.24, 2.45) is 0 Å². The van der Waals surface area contributed by atoms with E-state index in [1.54, 1.807) is 12.1 Å². The smallest absolute Gasteiger partial charge is 0.224 e. The fourth-order valence-corrected chi connectivity index (χ4v) is 1.34. The fourth-order valence-electron chi connectivity index (χ4n) is 1.34. The van der Waals surface area contributed by atoms with Gasteiger partial charge in [-0.15, -0.1) is 0 Å². The molecule has 2 N–H and O–H groups in total. The average Bonchev–Trinajstić information content (AvgIpc) is 2.24. The summed E-state index contributed by atoms with van der Waals surface area (Å²) in [5, 5.41) is 11.1.